The number of aromatic carboxylic acids is 1. The second-order valence-electron chi connectivity index (χ2n) is 4.16. The number of halogens is 1. The Labute approximate surface area is 98.9 Å². The average molecular weight is 244 g/mol. The van der Waals surface area contributed by atoms with Gasteiger partial charge in [0.25, 0.3) is 0 Å². The van der Waals surface area contributed by atoms with E-state index in [0.717, 1.165) is 6.07 Å². The highest BCUT2D eigenvalue weighted by Gasteiger charge is 2.10. The van der Waals surface area contributed by atoms with Crippen LogP contribution in [0.4, 0.5) is 10.1 Å². The first-order chi connectivity index (χ1) is 7.69. The van der Waals surface area contributed by atoms with E-state index >= 15 is 0 Å². The van der Waals surface area contributed by atoms with Crippen LogP contribution in [0.5, 0.6) is 0 Å². The Balaban J connectivity index is 0.000000366. The molecule has 0 aromatic heterocycles. The molecule has 0 saturated carbocycles. The van der Waals surface area contributed by atoms with Crippen LogP contribution in [0.15, 0.2) is 18.2 Å². The minimum atomic E-state index is -1.31. The summed E-state index contributed by atoms with van der Waals surface area (Å²) in [5.41, 5.74) is 9.46. The first-order valence-corrected chi connectivity index (χ1v) is 4.86. The molecule has 0 radical (unpaired) electrons. The van der Waals surface area contributed by atoms with E-state index in [2.05, 4.69) is 0 Å². The van der Waals surface area contributed by atoms with Gasteiger partial charge >= 0.3 is 5.97 Å². The standard InChI is InChI=1S/C7H6FNO2.C4H11NO/c8-6-4(7(10)11)2-1-3-5(6)9;1-4(2,5)3-6/h1-3H,9H2,(H,10,11);6H,3,5H2,1-2H3. The van der Waals surface area contributed by atoms with Crippen LogP contribution in [-0.4, -0.2) is 28.3 Å². The number of carbonyl (C=O) groups is 1. The number of nitrogen functional groups attached to an aromatic ring is 1. The lowest BCUT2D eigenvalue weighted by Crippen LogP contribution is -2.35. The molecule has 1 aromatic rings. The predicted molar refractivity (Wildman–Crippen MR) is 63.1 cm³/mol. The normalized spacial score (nSPS) is 10.4. The van der Waals surface area contributed by atoms with Crippen LogP contribution >= 0.6 is 0 Å². The third-order valence-corrected chi connectivity index (χ3v) is 1.67. The molecule has 6 heteroatoms. The molecular formula is C11H17FN2O3. The summed E-state index contributed by atoms with van der Waals surface area (Å²) in [5.74, 6) is -2.19. The largest absolute Gasteiger partial charge is 0.478 e. The van der Waals surface area contributed by atoms with Crippen LogP contribution in [0, 0.1) is 5.82 Å². The van der Waals surface area contributed by atoms with E-state index < -0.39 is 22.9 Å². The maximum absolute atomic E-state index is 12.7. The number of aliphatic hydroxyl groups excluding tert-OH is 1. The summed E-state index contributed by atoms with van der Waals surface area (Å²) in [7, 11) is 0. The summed E-state index contributed by atoms with van der Waals surface area (Å²) in [6.45, 7) is 3.59. The number of hydrogen-bond donors (Lipinski definition) is 4. The van der Waals surface area contributed by atoms with Crippen LogP contribution in [0.3, 0.4) is 0 Å². The van der Waals surface area contributed by atoms with E-state index in [0.29, 0.717) is 0 Å². The number of rotatable bonds is 2. The number of aliphatic hydroxyl groups is 1. The molecule has 0 aliphatic rings. The van der Waals surface area contributed by atoms with Gasteiger partial charge in [-0.05, 0) is 26.0 Å². The number of carboxylic acids is 1. The average Bonchev–Trinajstić information content (AvgIpc) is 2.21. The first-order valence-electron chi connectivity index (χ1n) is 4.86. The highest BCUT2D eigenvalue weighted by Crippen LogP contribution is 2.13. The van der Waals surface area contributed by atoms with Crippen LogP contribution in [-0.2, 0) is 0 Å². The molecule has 0 amide bonds. The maximum atomic E-state index is 12.7. The van der Waals surface area contributed by atoms with Gasteiger partial charge in [0.1, 0.15) is 0 Å². The molecule has 0 bridgehead atoms. The lowest BCUT2D eigenvalue weighted by molar-refractivity contribution is 0.0692. The van der Waals surface area contributed by atoms with Crippen LogP contribution in [0.1, 0.15) is 24.2 Å². The number of carboxylic acid groups (broad SMARTS) is 1. The molecule has 0 heterocycles. The van der Waals surface area contributed by atoms with Crippen molar-refractivity contribution < 1.29 is 19.4 Å². The minimum Gasteiger partial charge on any atom is -0.478 e. The van der Waals surface area contributed by atoms with Crippen LogP contribution in [0.25, 0.3) is 0 Å². The number of hydrogen-bond acceptors (Lipinski definition) is 4. The zero-order valence-corrected chi connectivity index (χ0v) is 9.77. The van der Waals surface area contributed by atoms with Gasteiger partial charge in [0, 0.05) is 5.54 Å². The molecule has 1 aromatic carbocycles. The van der Waals surface area contributed by atoms with Gasteiger partial charge in [0.15, 0.2) is 5.82 Å². The van der Waals surface area contributed by atoms with Crippen molar-refractivity contribution >= 4 is 11.7 Å². The Morgan fingerprint density at radius 1 is 1.47 bits per heavy atom. The zero-order chi connectivity index (χ0) is 13.6. The lowest BCUT2D eigenvalue weighted by Gasteiger charge is -2.12. The van der Waals surface area contributed by atoms with E-state index in [1.54, 1.807) is 13.8 Å². The molecule has 0 unspecified atom stereocenters. The van der Waals surface area contributed by atoms with Gasteiger partial charge in [-0.2, -0.15) is 0 Å². The van der Waals surface area contributed by atoms with E-state index in [4.69, 9.17) is 21.7 Å². The van der Waals surface area contributed by atoms with Crippen molar-refractivity contribution in [3.63, 3.8) is 0 Å². The molecule has 17 heavy (non-hydrogen) atoms. The Morgan fingerprint density at radius 2 is 1.94 bits per heavy atom. The van der Waals surface area contributed by atoms with Crippen LogP contribution < -0.4 is 11.5 Å². The van der Waals surface area contributed by atoms with E-state index in [1.807, 2.05) is 0 Å². The maximum Gasteiger partial charge on any atom is 0.338 e. The van der Waals surface area contributed by atoms with Crippen molar-refractivity contribution in [1.82, 2.24) is 0 Å². The van der Waals surface area contributed by atoms with Crippen molar-refractivity contribution in [1.29, 1.82) is 0 Å². The lowest BCUT2D eigenvalue weighted by atomic mass is 10.1. The molecule has 96 valence electrons. The third kappa shape index (κ3) is 5.84. The molecule has 1 rings (SSSR count). The molecule has 5 nitrogen and oxygen atoms in total. The third-order valence-electron chi connectivity index (χ3n) is 1.67. The SMILES string of the molecule is CC(C)(N)CO.Nc1cccc(C(=O)O)c1F. The molecule has 0 aliphatic carbocycles. The Morgan fingerprint density at radius 3 is 2.24 bits per heavy atom. The fraction of sp³-hybridized carbons (Fsp3) is 0.364. The molecule has 0 aliphatic heterocycles. The number of anilines is 1. The van der Waals surface area contributed by atoms with Gasteiger partial charge in [-0.25, -0.2) is 9.18 Å². The molecular weight excluding hydrogens is 227 g/mol. The molecule has 6 N–H and O–H groups in total. The van der Waals surface area contributed by atoms with Crippen molar-refractivity contribution in [2.75, 3.05) is 12.3 Å². The topological polar surface area (TPSA) is 110 Å². The summed E-state index contributed by atoms with van der Waals surface area (Å²) in [5, 5.41) is 16.7. The van der Waals surface area contributed by atoms with Gasteiger partial charge in [0.2, 0.25) is 0 Å². The molecule has 0 spiro atoms. The van der Waals surface area contributed by atoms with Gasteiger partial charge in [0.05, 0.1) is 17.9 Å². The van der Waals surface area contributed by atoms with Crippen molar-refractivity contribution in [3.05, 3.63) is 29.6 Å². The molecule has 0 atom stereocenters. The fourth-order valence-corrected chi connectivity index (χ4v) is 0.715. The highest BCUT2D eigenvalue weighted by atomic mass is 19.1. The minimum absolute atomic E-state index is 0.0486. The predicted octanol–water partition coefficient (Wildman–Crippen LogP) is 0.822. The van der Waals surface area contributed by atoms with Gasteiger partial charge in [-0.15, -0.1) is 0 Å². The summed E-state index contributed by atoms with van der Waals surface area (Å²) >= 11 is 0. The Hall–Kier alpha value is -1.66. The van der Waals surface area contributed by atoms with Crippen LogP contribution in [0.2, 0.25) is 0 Å². The molecule has 0 saturated heterocycles. The van der Waals surface area contributed by atoms with Gasteiger partial charge in [-0.3, -0.25) is 0 Å². The second kappa shape index (κ2) is 6.17. The smallest absolute Gasteiger partial charge is 0.338 e. The Kier molecular flexibility index (Phi) is 5.57. The summed E-state index contributed by atoms with van der Waals surface area (Å²) in [6, 6.07) is 3.86. The quantitative estimate of drug-likeness (QED) is 0.576. The fourth-order valence-electron chi connectivity index (χ4n) is 0.715. The number of nitrogens with two attached hydrogens (primary N) is 2. The van der Waals surface area contributed by atoms with Crippen molar-refractivity contribution in [3.8, 4) is 0 Å². The summed E-state index contributed by atoms with van der Waals surface area (Å²) in [6.07, 6.45) is 0. The number of benzene rings is 1. The Bertz CT molecular complexity index is 389. The molecule has 0 fully saturated rings. The second-order valence-corrected chi connectivity index (χ2v) is 4.16. The first kappa shape index (κ1) is 15.3. The van der Waals surface area contributed by atoms with Crippen molar-refractivity contribution in [2.24, 2.45) is 5.73 Å². The van der Waals surface area contributed by atoms with Gasteiger partial charge in [-0.1, -0.05) is 6.07 Å². The van der Waals surface area contributed by atoms with Crippen molar-refractivity contribution in [2.45, 2.75) is 19.4 Å². The summed E-state index contributed by atoms with van der Waals surface area (Å²) < 4.78 is 12.7. The zero-order valence-electron chi connectivity index (χ0n) is 9.77. The summed E-state index contributed by atoms with van der Waals surface area (Å²) in [4.78, 5) is 10.3. The monoisotopic (exact) mass is 244 g/mol. The van der Waals surface area contributed by atoms with E-state index in [-0.39, 0.29) is 12.3 Å². The van der Waals surface area contributed by atoms with E-state index in [1.165, 1.54) is 12.1 Å². The van der Waals surface area contributed by atoms with Gasteiger partial charge < -0.3 is 21.7 Å². The highest BCUT2D eigenvalue weighted by molar-refractivity contribution is 5.89. The van der Waals surface area contributed by atoms with E-state index in [9.17, 15) is 9.18 Å².